The SMILES string of the molecule is CNC(O)CN1C(=O)c2cc(S(=O)(=O)NC3(C)CC3)ccc2N2C1=NC[C@H]2C. The van der Waals surface area contributed by atoms with Gasteiger partial charge in [-0.15, -0.1) is 0 Å². The molecule has 2 heterocycles. The van der Waals surface area contributed by atoms with Gasteiger partial charge in [0, 0.05) is 5.54 Å². The van der Waals surface area contributed by atoms with Crippen molar-refractivity contribution in [2.75, 3.05) is 25.0 Å². The molecule has 152 valence electrons. The molecule has 3 N–H and O–H groups in total. The number of nitrogens with zero attached hydrogens (tertiary/aromatic N) is 3. The van der Waals surface area contributed by atoms with E-state index in [0.717, 1.165) is 12.8 Å². The summed E-state index contributed by atoms with van der Waals surface area (Å²) in [6, 6.07) is 4.65. The molecule has 1 aromatic carbocycles. The highest BCUT2D eigenvalue weighted by molar-refractivity contribution is 7.89. The highest BCUT2D eigenvalue weighted by atomic mass is 32.2. The minimum absolute atomic E-state index is 0.0180. The van der Waals surface area contributed by atoms with E-state index in [0.29, 0.717) is 23.8 Å². The van der Waals surface area contributed by atoms with E-state index in [2.05, 4.69) is 15.0 Å². The third-order valence-corrected chi connectivity index (χ3v) is 7.11. The summed E-state index contributed by atoms with van der Waals surface area (Å²) < 4.78 is 28.2. The summed E-state index contributed by atoms with van der Waals surface area (Å²) in [5.74, 6) is 0.113. The number of anilines is 1. The first-order valence-electron chi connectivity index (χ1n) is 9.34. The molecule has 10 heteroatoms. The molecule has 0 spiro atoms. The quantitative estimate of drug-likeness (QED) is 0.575. The Morgan fingerprint density at radius 1 is 1.39 bits per heavy atom. The number of sulfonamides is 1. The molecule has 1 amide bonds. The molecule has 3 aliphatic rings. The van der Waals surface area contributed by atoms with Crippen LogP contribution in [0.25, 0.3) is 0 Å². The Kier molecular flexibility index (Phi) is 4.49. The normalized spacial score (nSPS) is 23.9. The number of carbonyl (C=O) groups is 1. The number of aliphatic hydroxyl groups excluding tert-OH is 1. The van der Waals surface area contributed by atoms with Crippen molar-refractivity contribution in [1.82, 2.24) is 14.9 Å². The van der Waals surface area contributed by atoms with E-state index in [1.807, 2.05) is 18.7 Å². The van der Waals surface area contributed by atoms with Crippen LogP contribution in [0.15, 0.2) is 28.1 Å². The molecule has 2 atom stereocenters. The van der Waals surface area contributed by atoms with Gasteiger partial charge in [-0.2, -0.15) is 0 Å². The average Bonchev–Trinajstić information content (AvgIpc) is 3.23. The van der Waals surface area contributed by atoms with Gasteiger partial charge in [-0.3, -0.25) is 20.0 Å². The van der Waals surface area contributed by atoms with Crippen molar-refractivity contribution in [3.05, 3.63) is 23.8 Å². The lowest BCUT2D eigenvalue weighted by Gasteiger charge is -2.38. The minimum Gasteiger partial charge on any atom is -0.377 e. The number of carbonyl (C=O) groups excluding carboxylic acids is 1. The van der Waals surface area contributed by atoms with Crippen LogP contribution in [-0.2, 0) is 10.0 Å². The van der Waals surface area contributed by atoms with Crippen LogP contribution >= 0.6 is 0 Å². The molecule has 0 aromatic heterocycles. The molecule has 9 nitrogen and oxygen atoms in total. The number of hydrogen-bond acceptors (Lipinski definition) is 7. The lowest BCUT2D eigenvalue weighted by Crippen LogP contribution is -2.55. The number of rotatable bonds is 6. The summed E-state index contributed by atoms with van der Waals surface area (Å²) in [7, 11) is -2.13. The number of hydrogen-bond donors (Lipinski definition) is 3. The zero-order chi connectivity index (χ0) is 20.3. The van der Waals surface area contributed by atoms with Gasteiger partial charge in [-0.25, -0.2) is 13.1 Å². The molecule has 4 rings (SSSR count). The molecule has 0 bridgehead atoms. The smallest absolute Gasteiger partial charge is 0.262 e. The predicted octanol–water partition coefficient (Wildman–Crippen LogP) is 0.0755. The van der Waals surface area contributed by atoms with Gasteiger partial charge in [0.1, 0.15) is 6.23 Å². The van der Waals surface area contributed by atoms with Crippen LogP contribution in [0.4, 0.5) is 5.69 Å². The molecule has 28 heavy (non-hydrogen) atoms. The third kappa shape index (κ3) is 3.20. The van der Waals surface area contributed by atoms with E-state index >= 15 is 0 Å². The van der Waals surface area contributed by atoms with E-state index in [9.17, 15) is 18.3 Å². The number of benzene rings is 1. The largest absolute Gasteiger partial charge is 0.377 e. The lowest BCUT2D eigenvalue weighted by atomic mass is 10.1. The van der Waals surface area contributed by atoms with E-state index < -0.39 is 21.8 Å². The fourth-order valence-corrected chi connectivity index (χ4v) is 5.02. The number of guanidine groups is 1. The molecule has 0 saturated heterocycles. The number of aliphatic hydroxyl groups is 1. The maximum absolute atomic E-state index is 13.2. The Bertz CT molecular complexity index is 957. The number of amides is 1. The van der Waals surface area contributed by atoms with Crippen LogP contribution in [0, 0.1) is 0 Å². The van der Waals surface area contributed by atoms with E-state index in [4.69, 9.17) is 0 Å². The molecule has 0 radical (unpaired) electrons. The van der Waals surface area contributed by atoms with E-state index in [-0.39, 0.29) is 23.4 Å². The average molecular weight is 407 g/mol. The highest BCUT2D eigenvalue weighted by Crippen LogP contribution is 2.38. The van der Waals surface area contributed by atoms with Crippen LogP contribution in [0.1, 0.15) is 37.0 Å². The molecule has 1 aliphatic carbocycles. The van der Waals surface area contributed by atoms with E-state index in [1.54, 1.807) is 13.1 Å². The predicted molar refractivity (Wildman–Crippen MR) is 105 cm³/mol. The third-order valence-electron chi connectivity index (χ3n) is 5.48. The zero-order valence-corrected chi connectivity index (χ0v) is 17.0. The van der Waals surface area contributed by atoms with Gasteiger partial charge >= 0.3 is 0 Å². The molecule has 1 saturated carbocycles. The standard InChI is InChI=1S/C18H25N5O4S/c1-11-9-20-17-22(10-15(24)19-3)16(25)13-8-12(4-5-14(13)23(11)17)28(26,27)21-18(2)6-7-18/h4-5,8,11,15,19,21,24H,6-7,9-10H2,1-3H3/t11-,15?/m1/s1. The van der Waals surface area contributed by atoms with Crippen molar-refractivity contribution in [1.29, 1.82) is 0 Å². The van der Waals surface area contributed by atoms with Crippen LogP contribution in [0.5, 0.6) is 0 Å². The Hall–Kier alpha value is -2.01. The number of likely N-dealkylation sites (N-methyl/N-ethyl adjacent to an activating group) is 1. The monoisotopic (exact) mass is 407 g/mol. The summed E-state index contributed by atoms with van der Waals surface area (Å²) in [5, 5.41) is 12.7. The number of aliphatic imine (C=N–C) groups is 1. The maximum atomic E-state index is 13.2. The number of nitrogens with one attached hydrogen (secondary N) is 2. The van der Waals surface area contributed by atoms with Gasteiger partial charge in [0.05, 0.1) is 35.3 Å². The van der Waals surface area contributed by atoms with Crippen molar-refractivity contribution < 1.29 is 18.3 Å². The topological polar surface area (TPSA) is 114 Å². The van der Waals surface area contributed by atoms with Crippen LogP contribution < -0.4 is 14.9 Å². The van der Waals surface area contributed by atoms with Gasteiger partial charge in [-0.1, -0.05) is 0 Å². The second-order valence-corrected chi connectivity index (χ2v) is 9.61. The number of fused-ring (bicyclic) bond motifs is 3. The van der Waals surface area contributed by atoms with Gasteiger partial charge < -0.3 is 10.0 Å². The van der Waals surface area contributed by atoms with Crippen molar-refractivity contribution >= 4 is 27.6 Å². The summed E-state index contributed by atoms with van der Waals surface area (Å²) in [5.41, 5.74) is 0.533. The van der Waals surface area contributed by atoms with Gasteiger partial charge in [-0.05, 0) is 51.9 Å². The van der Waals surface area contributed by atoms with Crippen LogP contribution in [0.3, 0.4) is 0 Å². The Labute approximate surface area is 164 Å². The van der Waals surface area contributed by atoms with Gasteiger partial charge in [0.2, 0.25) is 16.0 Å². The summed E-state index contributed by atoms with van der Waals surface area (Å²) in [4.78, 5) is 21.0. The van der Waals surface area contributed by atoms with Crippen molar-refractivity contribution in [2.24, 2.45) is 4.99 Å². The Morgan fingerprint density at radius 3 is 2.75 bits per heavy atom. The maximum Gasteiger partial charge on any atom is 0.262 e. The second kappa shape index (κ2) is 6.51. The number of β-amino-alcohol motifs (C(OH)–C–C–N with tert-alkyl or cyclic N) is 1. The van der Waals surface area contributed by atoms with Crippen LogP contribution in [-0.4, -0.2) is 68.2 Å². The van der Waals surface area contributed by atoms with E-state index in [1.165, 1.54) is 17.0 Å². The Balaban J connectivity index is 1.75. The first kappa shape index (κ1) is 19.3. The summed E-state index contributed by atoms with van der Waals surface area (Å²) in [6.07, 6.45) is 0.683. The molecule has 2 aliphatic heterocycles. The molecular weight excluding hydrogens is 382 g/mol. The fourth-order valence-electron chi connectivity index (χ4n) is 3.53. The summed E-state index contributed by atoms with van der Waals surface area (Å²) >= 11 is 0. The van der Waals surface area contributed by atoms with Gasteiger partial charge in [0.25, 0.3) is 5.91 Å². The first-order chi connectivity index (χ1) is 13.1. The van der Waals surface area contributed by atoms with Crippen molar-refractivity contribution in [2.45, 2.75) is 49.4 Å². The molecular formula is C18H25N5O4S. The zero-order valence-electron chi connectivity index (χ0n) is 16.1. The first-order valence-corrected chi connectivity index (χ1v) is 10.8. The van der Waals surface area contributed by atoms with Crippen molar-refractivity contribution in [3.63, 3.8) is 0 Å². The van der Waals surface area contributed by atoms with Crippen LogP contribution in [0.2, 0.25) is 0 Å². The Morgan fingerprint density at radius 2 is 2.11 bits per heavy atom. The molecule has 1 fully saturated rings. The second-order valence-electron chi connectivity index (χ2n) is 7.93. The lowest BCUT2D eigenvalue weighted by molar-refractivity contribution is 0.0711. The minimum atomic E-state index is -3.72. The molecule has 1 unspecified atom stereocenters. The fraction of sp³-hybridized carbons (Fsp3) is 0.556. The molecule has 1 aromatic rings. The van der Waals surface area contributed by atoms with Gasteiger partial charge in [0.15, 0.2) is 0 Å². The van der Waals surface area contributed by atoms with Crippen molar-refractivity contribution in [3.8, 4) is 0 Å². The summed E-state index contributed by atoms with van der Waals surface area (Å²) in [6.45, 7) is 4.39. The highest BCUT2D eigenvalue weighted by Gasteiger charge is 2.43.